The molecule has 0 amide bonds. The fourth-order valence-corrected chi connectivity index (χ4v) is 1.96. The van der Waals surface area contributed by atoms with Crippen LogP contribution in [0.25, 0.3) is 0 Å². The molecule has 2 rings (SSSR count). The SMILES string of the molecule is O=C(O)Cn1cc(O)n(Cc2ccc(Br)cc2)c1=O. The third-order valence-electron chi connectivity index (χ3n) is 2.58. The van der Waals surface area contributed by atoms with E-state index in [0.29, 0.717) is 0 Å². The molecular formula is C12H11BrN2O4. The van der Waals surface area contributed by atoms with Crippen LogP contribution in [0.15, 0.2) is 39.7 Å². The van der Waals surface area contributed by atoms with E-state index in [0.717, 1.165) is 25.4 Å². The van der Waals surface area contributed by atoms with E-state index in [9.17, 15) is 14.7 Å². The van der Waals surface area contributed by atoms with Crippen LogP contribution in [0.5, 0.6) is 5.88 Å². The molecule has 7 heteroatoms. The van der Waals surface area contributed by atoms with Crippen LogP contribution in [0.3, 0.4) is 0 Å². The van der Waals surface area contributed by atoms with Crippen molar-refractivity contribution in [1.29, 1.82) is 0 Å². The number of nitrogens with zero attached hydrogens (tertiary/aromatic N) is 2. The fourth-order valence-electron chi connectivity index (χ4n) is 1.70. The zero-order valence-electron chi connectivity index (χ0n) is 9.78. The zero-order chi connectivity index (χ0) is 14.0. The van der Waals surface area contributed by atoms with Crippen LogP contribution < -0.4 is 5.69 Å². The summed E-state index contributed by atoms with van der Waals surface area (Å²) in [6.07, 6.45) is 1.12. The van der Waals surface area contributed by atoms with E-state index in [4.69, 9.17) is 5.11 Å². The van der Waals surface area contributed by atoms with Gasteiger partial charge in [-0.3, -0.25) is 13.9 Å². The normalized spacial score (nSPS) is 10.6. The summed E-state index contributed by atoms with van der Waals surface area (Å²) >= 11 is 3.30. The number of aliphatic carboxylic acids is 1. The molecule has 1 aromatic heterocycles. The molecule has 0 aliphatic rings. The second-order valence-electron chi connectivity index (χ2n) is 4.00. The van der Waals surface area contributed by atoms with Crippen LogP contribution >= 0.6 is 15.9 Å². The highest BCUT2D eigenvalue weighted by atomic mass is 79.9. The molecule has 2 N–H and O–H groups in total. The molecule has 1 heterocycles. The molecule has 0 radical (unpaired) electrons. The lowest BCUT2D eigenvalue weighted by Crippen LogP contribution is -2.27. The predicted molar refractivity (Wildman–Crippen MR) is 71.2 cm³/mol. The van der Waals surface area contributed by atoms with E-state index < -0.39 is 18.2 Å². The Kier molecular flexibility index (Phi) is 3.75. The number of carbonyl (C=O) groups is 1. The maximum Gasteiger partial charge on any atom is 0.331 e. The summed E-state index contributed by atoms with van der Waals surface area (Å²) in [5, 5.41) is 18.3. The van der Waals surface area contributed by atoms with Gasteiger partial charge in [-0.05, 0) is 17.7 Å². The Labute approximate surface area is 116 Å². The number of halogens is 1. The molecule has 0 bridgehead atoms. The van der Waals surface area contributed by atoms with Gasteiger partial charge in [0, 0.05) is 4.47 Å². The van der Waals surface area contributed by atoms with Gasteiger partial charge in [0.05, 0.1) is 12.7 Å². The zero-order valence-corrected chi connectivity index (χ0v) is 11.4. The average Bonchev–Trinajstić information content (AvgIpc) is 2.59. The first-order valence-electron chi connectivity index (χ1n) is 5.42. The van der Waals surface area contributed by atoms with Gasteiger partial charge in [-0.2, -0.15) is 0 Å². The number of hydrogen-bond acceptors (Lipinski definition) is 3. The summed E-state index contributed by atoms with van der Waals surface area (Å²) in [5.41, 5.74) is 0.275. The van der Waals surface area contributed by atoms with Crippen LogP contribution in [-0.4, -0.2) is 25.3 Å². The number of aromatic nitrogens is 2. The summed E-state index contributed by atoms with van der Waals surface area (Å²) in [5.74, 6) is -1.39. The maximum absolute atomic E-state index is 11.9. The van der Waals surface area contributed by atoms with E-state index in [1.807, 2.05) is 24.3 Å². The second kappa shape index (κ2) is 5.31. The summed E-state index contributed by atoms with van der Waals surface area (Å²) in [6, 6.07) is 7.27. The van der Waals surface area contributed by atoms with Gasteiger partial charge in [0.15, 0.2) is 0 Å². The molecule has 100 valence electrons. The van der Waals surface area contributed by atoms with Crippen molar-refractivity contribution >= 4 is 21.9 Å². The molecule has 0 fully saturated rings. The van der Waals surface area contributed by atoms with E-state index >= 15 is 0 Å². The highest BCUT2D eigenvalue weighted by molar-refractivity contribution is 9.10. The number of benzene rings is 1. The van der Waals surface area contributed by atoms with Crippen LogP contribution in [-0.2, 0) is 17.9 Å². The molecule has 0 spiro atoms. The van der Waals surface area contributed by atoms with Crippen molar-refractivity contribution in [3.8, 4) is 5.88 Å². The van der Waals surface area contributed by atoms with Crippen LogP contribution in [0, 0.1) is 0 Å². The summed E-state index contributed by atoms with van der Waals surface area (Å²) < 4.78 is 2.99. The van der Waals surface area contributed by atoms with Crippen LogP contribution in [0.2, 0.25) is 0 Å². The van der Waals surface area contributed by atoms with Crippen molar-refractivity contribution in [1.82, 2.24) is 9.13 Å². The highest BCUT2D eigenvalue weighted by Gasteiger charge is 2.12. The number of aromatic hydroxyl groups is 1. The van der Waals surface area contributed by atoms with Crippen molar-refractivity contribution in [2.45, 2.75) is 13.1 Å². The average molecular weight is 327 g/mol. The van der Waals surface area contributed by atoms with E-state index in [1.54, 1.807) is 0 Å². The maximum atomic E-state index is 11.9. The quantitative estimate of drug-likeness (QED) is 0.885. The first-order chi connectivity index (χ1) is 8.97. The Morgan fingerprint density at radius 1 is 1.26 bits per heavy atom. The van der Waals surface area contributed by atoms with E-state index in [2.05, 4.69) is 15.9 Å². The minimum absolute atomic E-state index is 0.185. The Morgan fingerprint density at radius 2 is 1.89 bits per heavy atom. The highest BCUT2D eigenvalue weighted by Crippen LogP contribution is 2.13. The van der Waals surface area contributed by atoms with Crippen molar-refractivity contribution in [3.05, 3.63) is 51.0 Å². The van der Waals surface area contributed by atoms with Crippen molar-refractivity contribution < 1.29 is 15.0 Å². The first-order valence-corrected chi connectivity index (χ1v) is 6.22. The predicted octanol–water partition coefficient (Wildman–Crippen LogP) is 1.25. The van der Waals surface area contributed by atoms with Crippen LogP contribution in [0.1, 0.15) is 5.56 Å². The van der Waals surface area contributed by atoms with E-state index in [1.165, 1.54) is 0 Å². The molecule has 0 saturated heterocycles. The summed E-state index contributed by atoms with van der Waals surface area (Å²) in [7, 11) is 0. The van der Waals surface area contributed by atoms with Crippen molar-refractivity contribution in [2.24, 2.45) is 0 Å². The van der Waals surface area contributed by atoms with Crippen LogP contribution in [0.4, 0.5) is 0 Å². The summed E-state index contributed by atoms with van der Waals surface area (Å²) in [6.45, 7) is -0.287. The molecule has 0 atom stereocenters. The molecular weight excluding hydrogens is 316 g/mol. The standard InChI is InChI=1S/C12H11BrN2O4/c13-9-3-1-8(2-4-9)5-15-10(16)6-14(12(15)19)7-11(17)18/h1-4,6,16H,5,7H2,(H,17,18). The second-order valence-corrected chi connectivity index (χ2v) is 4.92. The number of imidazole rings is 1. The molecule has 0 aliphatic carbocycles. The van der Waals surface area contributed by atoms with Gasteiger partial charge in [0.2, 0.25) is 5.88 Å². The third-order valence-corrected chi connectivity index (χ3v) is 3.11. The Balaban J connectivity index is 2.30. The number of carboxylic acid groups (broad SMARTS) is 1. The molecule has 0 aliphatic heterocycles. The Bertz CT molecular complexity index is 657. The Hall–Kier alpha value is -2.02. The largest absolute Gasteiger partial charge is 0.493 e. The van der Waals surface area contributed by atoms with Gasteiger partial charge in [-0.15, -0.1) is 0 Å². The van der Waals surface area contributed by atoms with Gasteiger partial charge < -0.3 is 10.2 Å². The molecule has 6 nitrogen and oxygen atoms in total. The van der Waals surface area contributed by atoms with E-state index in [-0.39, 0.29) is 12.4 Å². The number of hydrogen-bond donors (Lipinski definition) is 2. The van der Waals surface area contributed by atoms with Gasteiger partial charge in [-0.25, -0.2) is 4.79 Å². The molecule has 0 unspecified atom stereocenters. The first kappa shape index (κ1) is 13.4. The smallest absolute Gasteiger partial charge is 0.331 e. The summed E-state index contributed by atoms with van der Waals surface area (Å²) in [4.78, 5) is 22.5. The van der Waals surface area contributed by atoms with Crippen molar-refractivity contribution in [3.63, 3.8) is 0 Å². The number of carboxylic acids is 1. The minimum atomic E-state index is -1.14. The fraction of sp³-hybridized carbons (Fsp3) is 0.167. The molecule has 0 saturated carbocycles. The van der Waals surface area contributed by atoms with Gasteiger partial charge in [0.25, 0.3) is 0 Å². The third kappa shape index (κ3) is 3.05. The molecule has 1 aromatic carbocycles. The lowest BCUT2D eigenvalue weighted by atomic mass is 10.2. The van der Waals surface area contributed by atoms with Crippen molar-refractivity contribution in [2.75, 3.05) is 0 Å². The monoisotopic (exact) mass is 326 g/mol. The topological polar surface area (TPSA) is 84.5 Å². The van der Waals surface area contributed by atoms with Gasteiger partial charge in [0.1, 0.15) is 6.54 Å². The number of rotatable bonds is 4. The lowest BCUT2D eigenvalue weighted by molar-refractivity contribution is -0.137. The molecule has 19 heavy (non-hydrogen) atoms. The Morgan fingerprint density at radius 3 is 2.47 bits per heavy atom. The van der Waals surface area contributed by atoms with Gasteiger partial charge in [-0.1, -0.05) is 28.1 Å². The minimum Gasteiger partial charge on any atom is -0.493 e. The van der Waals surface area contributed by atoms with Gasteiger partial charge >= 0.3 is 11.7 Å². The lowest BCUT2D eigenvalue weighted by Gasteiger charge is -2.03. The molecule has 2 aromatic rings.